The Morgan fingerprint density at radius 2 is 1.84 bits per heavy atom. The number of ether oxygens (including phenoxy) is 4. The molecule has 0 amide bonds. The van der Waals surface area contributed by atoms with Crippen LogP contribution in [0.2, 0.25) is 0 Å². The van der Waals surface area contributed by atoms with E-state index in [1.165, 1.54) is 50.2 Å². The van der Waals surface area contributed by atoms with Gasteiger partial charge in [-0.25, -0.2) is 9.79 Å². The van der Waals surface area contributed by atoms with Gasteiger partial charge in [0.05, 0.1) is 48.7 Å². The maximum Gasteiger partial charge on any atom is 0.338 e. The quantitative estimate of drug-likeness (QED) is 0.243. The molecule has 0 spiro atoms. The third kappa shape index (κ3) is 4.77. The summed E-state index contributed by atoms with van der Waals surface area (Å²) in [7, 11) is 4.44. The van der Waals surface area contributed by atoms with Gasteiger partial charge in [0.25, 0.3) is 11.2 Å². The molecule has 198 valence electrons. The number of thiazole rings is 1. The second-order valence-corrected chi connectivity index (χ2v) is 9.10. The lowest BCUT2D eigenvalue weighted by Crippen LogP contribution is -2.40. The summed E-state index contributed by atoms with van der Waals surface area (Å²) in [5, 5.41) is 11.3. The number of nitrogens with zero attached hydrogens (tertiary/aromatic N) is 3. The number of carbonyl (C=O) groups is 1. The van der Waals surface area contributed by atoms with E-state index in [0.717, 1.165) is 11.3 Å². The van der Waals surface area contributed by atoms with Crippen LogP contribution in [0.1, 0.15) is 31.0 Å². The maximum absolute atomic E-state index is 13.9. The number of hydrogen-bond donors (Lipinski definition) is 0. The van der Waals surface area contributed by atoms with Gasteiger partial charge in [0, 0.05) is 23.3 Å². The maximum atomic E-state index is 13.9. The highest BCUT2D eigenvalue weighted by molar-refractivity contribution is 7.07. The number of fused-ring (bicyclic) bond motifs is 1. The van der Waals surface area contributed by atoms with Crippen LogP contribution in [0.25, 0.3) is 6.08 Å². The Balaban J connectivity index is 2.03. The van der Waals surface area contributed by atoms with E-state index >= 15 is 0 Å². The van der Waals surface area contributed by atoms with Crippen molar-refractivity contribution in [2.24, 2.45) is 4.99 Å². The summed E-state index contributed by atoms with van der Waals surface area (Å²) < 4.78 is 23.3. The molecule has 1 unspecified atom stereocenters. The molecular formula is C26H25N3O8S. The van der Waals surface area contributed by atoms with Crippen molar-refractivity contribution in [3.8, 4) is 17.2 Å². The minimum Gasteiger partial charge on any atom is -0.497 e. The molecular weight excluding hydrogens is 514 g/mol. The van der Waals surface area contributed by atoms with Gasteiger partial charge in [-0.2, -0.15) is 0 Å². The summed E-state index contributed by atoms with van der Waals surface area (Å²) >= 11 is 1.09. The number of nitro groups is 1. The number of nitro benzene ring substituents is 1. The van der Waals surface area contributed by atoms with Crippen LogP contribution in [0.3, 0.4) is 0 Å². The number of carbonyl (C=O) groups excluding carboxylic acids is 1. The summed E-state index contributed by atoms with van der Waals surface area (Å²) in [5.74, 6) is 0.679. The van der Waals surface area contributed by atoms with E-state index in [-0.39, 0.29) is 22.4 Å². The molecule has 12 heteroatoms. The number of hydrogen-bond acceptors (Lipinski definition) is 10. The summed E-state index contributed by atoms with van der Waals surface area (Å²) in [6, 6.07) is 8.29. The molecule has 1 aliphatic rings. The van der Waals surface area contributed by atoms with Crippen LogP contribution < -0.4 is 29.1 Å². The van der Waals surface area contributed by atoms with Crippen molar-refractivity contribution in [1.82, 2.24) is 4.57 Å². The van der Waals surface area contributed by atoms with Crippen LogP contribution in [0.5, 0.6) is 17.2 Å². The average molecular weight is 540 g/mol. The van der Waals surface area contributed by atoms with Gasteiger partial charge in [0.1, 0.15) is 23.3 Å². The summed E-state index contributed by atoms with van der Waals surface area (Å²) in [5.41, 5.74) is 0.827. The van der Waals surface area contributed by atoms with Gasteiger partial charge in [0.2, 0.25) is 0 Å². The molecule has 11 nitrogen and oxygen atoms in total. The third-order valence-electron chi connectivity index (χ3n) is 5.96. The molecule has 1 atom stereocenters. The number of non-ortho nitro benzene ring substituents is 1. The number of rotatable bonds is 8. The van der Waals surface area contributed by atoms with E-state index in [1.807, 2.05) is 0 Å². The van der Waals surface area contributed by atoms with E-state index in [2.05, 4.69) is 4.99 Å². The molecule has 2 heterocycles. The number of esters is 1. The van der Waals surface area contributed by atoms with Gasteiger partial charge in [-0.05, 0) is 44.2 Å². The van der Waals surface area contributed by atoms with Gasteiger partial charge in [0.15, 0.2) is 4.80 Å². The zero-order valence-corrected chi connectivity index (χ0v) is 22.2. The SMILES string of the molecule is CCOC(=O)C1=C(C)N=c2sc(=Cc3cc([N+](=O)[O-])ccc3OC)c(=O)n2C1c1cc(OC)ccc1OC. The smallest absolute Gasteiger partial charge is 0.338 e. The van der Waals surface area contributed by atoms with Crippen molar-refractivity contribution in [3.05, 3.63) is 88.6 Å². The fraction of sp³-hybridized carbons (Fsp3) is 0.269. The summed E-state index contributed by atoms with van der Waals surface area (Å²) in [4.78, 5) is 42.7. The van der Waals surface area contributed by atoms with E-state index < -0.39 is 22.5 Å². The van der Waals surface area contributed by atoms with Gasteiger partial charge >= 0.3 is 5.97 Å². The Hall–Kier alpha value is -4.45. The molecule has 3 aromatic rings. The third-order valence-corrected chi connectivity index (χ3v) is 6.94. The summed E-state index contributed by atoms with van der Waals surface area (Å²) in [6.07, 6.45) is 1.51. The van der Waals surface area contributed by atoms with Gasteiger partial charge in [-0.15, -0.1) is 0 Å². The molecule has 4 rings (SSSR count). The predicted molar refractivity (Wildman–Crippen MR) is 140 cm³/mol. The van der Waals surface area contributed by atoms with Gasteiger partial charge in [-0.1, -0.05) is 11.3 Å². The van der Waals surface area contributed by atoms with Crippen molar-refractivity contribution in [2.45, 2.75) is 19.9 Å². The second-order valence-electron chi connectivity index (χ2n) is 8.09. The Bertz CT molecular complexity index is 1640. The van der Waals surface area contributed by atoms with Crippen molar-refractivity contribution in [1.29, 1.82) is 0 Å². The summed E-state index contributed by atoms with van der Waals surface area (Å²) in [6.45, 7) is 3.50. The number of methoxy groups -OCH3 is 3. The number of allylic oxidation sites excluding steroid dienone is 1. The van der Waals surface area contributed by atoms with E-state index in [9.17, 15) is 19.7 Å². The monoisotopic (exact) mass is 539 g/mol. The lowest BCUT2D eigenvalue weighted by atomic mass is 9.94. The first-order chi connectivity index (χ1) is 18.2. The first kappa shape index (κ1) is 26.6. The van der Waals surface area contributed by atoms with Crippen molar-refractivity contribution in [3.63, 3.8) is 0 Å². The van der Waals surface area contributed by atoms with Crippen molar-refractivity contribution in [2.75, 3.05) is 27.9 Å². The fourth-order valence-electron chi connectivity index (χ4n) is 4.23. The molecule has 2 aromatic carbocycles. The first-order valence-corrected chi connectivity index (χ1v) is 12.3. The highest BCUT2D eigenvalue weighted by Crippen LogP contribution is 2.37. The topological polar surface area (TPSA) is 131 Å². The van der Waals surface area contributed by atoms with Crippen LogP contribution in [0.15, 0.2) is 57.5 Å². The zero-order chi connectivity index (χ0) is 27.6. The highest BCUT2D eigenvalue weighted by atomic mass is 32.1. The van der Waals surface area contributed by atoms with Crippen LogP contribution in [-0.4, -0.2) is 43.4 Å². The molecule has 0 fully saturated rings. The molecule has 0 N–H and O–H groups in total. The average Bonchev–Trinajstić information content (AvgIpc) is 3.21. The van der Waals surface area contributed by atoms with E-state index in [0.29, 0.717) is 38.9 Å². The fourth-order valence-corrected chi connectivity index (χ4v) is 5.27. The molecule has 0 radical (unpaired) electrons. The normalized spacial score (nSPS) is 15.0. The molecule has 0 saturated carbocycles. The van der Waals surface area contributed by atoms with Crippen LogP contribution in [0, 0.1) is 10.1 Å². The molecule has 38 heavy (non-hydrogen) atoms. The lowest BCUT2D eigenvalue weighted by molar-refractivity contribution is -0.384. The molecule has 1 aromatic heterocycles. The van der Waals surface area contributed by atoms with E-state index in [4.69, 9.17) is 18.9 Å². The number of aromatic nitrogens is 1. The standard InChI is InChI=1S/C26H25N3O8S/c1-6-37-25(31)22-14(2)27-26-28(23(22)18-13-17(34-3)8-10-20(18)36-5)24(30)21(38-26)12-15-11-16(29(32)33)7-9-19(15)35-4/h7-13,23H,6H2,1-5H3. The van der Waals surface area contributed by atoms with Gasteiger partial charge < -0.3 is 18.9 Å². The molecule has 0 bridgehead atoms. The Kier molecular flexibility index (Phi) is 7.62. The first-order valence-electron chi connectivity index (χ1n) is 11.5. The molecule has 0 aliphatic carbocycles. The highest BCUT2D eigenvalue weighted by Gasteiger charge is 2.35. The molecule has 0 saturated heterocycles. The van der Waals surface area contributed by atoms with Crippen LogP contribution in [-0.2, 0) is 9.53 Å². The lowest BCUT2D eigenvalue weighted by Gasteiger charge is -2.26. The minimum absolute atomic E-state index is 0.134. The minimum atomic E-state index is -0.926. The Morgan fingerprint density at radius 3 is 2.47 bits per heavy atom. The van der Waals surface area contributed by atoms with Crippen LogP contribution in [0.4, 0.5) is 5.69 Å². The van der Waals surface area contributed by atoms with Crippen molar-refractivity contribution < 1.29 is 28.7 Å². The molecule has 1 aliphatic heterocycles. The van der Waals surface area contributed by atoms with Crippen molar-refractivity contribution >= 4 is 29.1 Å². The Morgan fingerprint density at radius 1 is 1.13 bits per heavy atom. The largest absolute Gasteiger partial charge is 0.497 e. The van der Waals surface area contributed by atoms with E-state index in [1.54, 1.807) is 32.0 Å². The Labute approximate surface area is 221 Å². The predicted octanol–water partition coefficient (Wildman–Crippen LogP) is 2.73. The zero-order valence-electron chi connectivity index (χ0n) is 21.3. The number of benzene rings is 2. The second kappa shape index (κ2) is 10.9. The van der Waals surface area contributed by atoms with Gasteiger partial charge in [-0.3, -0.25) is 19.5 Å². The van der Waals surface area contributed by atoms with Crippen LogP contribution >= 0.6 is 11.3 Å².